The van der Waals surface area contributed by atoms with Gasteiger partial charge >= 0.3 is 5.97 Å². The Balaban J connectivity index is 1.55. The average molecular weight is 473 g/mol. The third-order valence-electron chi connectivity index (χ3n) is 8.62. The molecule has 1 saturated heterocycles. The van der Waals surface area contributed by atoms with Crippen LogP contribution in [0.15, 0.2) is 6.07 Å². The molecule has 34 heavy (non-hydrogen) atoms. The van der Waals surface area contributed by atoms with Gasteiger partial charge in [0, 0.05) is 34.7 Å². The van der Waals surface area contributed by atoms with Gasteiger partial charge in [0.2, 0.25) is 0 Å². The van der Waals surface area contributed by atoms with E-state index in [4.69, 9.17) is 14.2 Å². The van der Waals surface area contributed by atoms with Crippen LogP contribution in [-0.4, -0.2) is 66.5 Å². The van der Waals surface area contributed by atoms with E-state index in [9.17, 15) is 9.90 Å². The van der Waals surface area contributed by atoms with E-state index in [1.54, 1.807) is 13.2 Å². The van der Waals surface area contributed by atoms with E-state index in [1.807, 2.05) is 20.8 Å². The first kappa shape index (κ1) is 23.7. The summed E-state index contributed by atoms with van der Waals surface area (Å²) in [5.41, 5.74) is 1.62. The van der Waals surface area contributed by atoms with Crippen LogP contribution in [0.2, 0.25) is 0 Å². The second-order valence-corrected chi connectivity index (χ2v) is 12.1. The molecule has 7 nitrogen and oxygen atoms in total. The van der Waals surface area contributed by atoms with Gasteiger partial charge in [0.05, 0.1) is 7.11 Å². The molecule has 5 rings (SSSR count). The Morgan fingerprint density at radius 3 is 2.71 bits per heavy atom. The Hall–Kier alpha value is -1.99. The molecule has 6 atom stereocenters. The Bertz CT molecular complexity index is 986. The zero-order chi connectivity index (χ0) is 24.6. The summed E-state index contributed by atoms with van der Waals surface area (Å²) in [5.74, 6) is 1.85. The molecule has 188 valence electrons. The SMILES string of the molecule is COc1cc(O)c2c3c1C[C@@H]1[C@@H]4CC[C@H](N[C@@H](C(=O)OC(C)(C)C)C(C)C)[C@H](O2)[C@]34CCN1C. The van der Waals surface area contributed by atoms with Gasteiger partial charge in [0.25, 0.3) is 0 Å². The van der Waals surface area contributed by atoms with E-state index in [1.165, 1.54) is 5.56 Å². The maximum Gasteiger partial charge on any atom is 0.323 e. The molecule has 2 bridgehead atoms. The molecular formula is C27H40N2O5. The molecule has 2 aliphatic carbocycles. The quantitative estimate of drug-likeness (QED) is 0.636. The number of aromatic hydroxyl groups is 1. The minimum Gasteiger partial charge on any atom is -0.504 e. The number of carbonyl (C=O) groups is 1. The van der Waals surface area contributed by atoms with Crippen LogP contribution in [0.1, 0.15) is 65.0 Å². The van der Waals surface area contributed by atoms with Crippen LogP contribution in [0.5, 0.6) is 17.2 Å². The number of carbonyl (C=O) groups excluding carboxylic acids is 1. The Morgan fingerprint density at radius 2 is 2.06 bits per heavy atom. The van der Waals surface area contributed by atoms with Crippen molar-refractivity contribution in [2.45, 2.75) is 95.5 Å². The molecule has 7 heteroatoms. The smallest absolute Gasteiger partial charge is 0.323 e. The highest BCUT2D eigenvalue weighted by Gasteiger charge is 2.66. The van der Waals surface area contributed by atoms with Gasteiger partial charge in [-0.15, -0.1) is 0 Å². The van der Waals surface area contributed by atoms with Crippen LogP contribution >= 0.6 is 0 Å². The van der Waals surface area contributed by atoms with Crippen molar-refractivity contribution in [3.05, 3.63) is 17.2 Å². The first-order valence-corrected chi connectivity index (χ1v) is 12.8. The minimum atomic E-state index is -0.538. The van der Waals surface area contributed by atoms with Gasteiger partial charge < -0.3 is 24.2 Å². The molecule has 0 amide bonds. The number of nitrogens with zero attached hydrogens (tertiary/aromatic N) is 1. The van der Waals surface area contributed by atoms with Crippen LogP contribution in [0.25, 0.3) is 0 Å². The van der Waals surface area contributed by atoms with Crippen molar-refractivity contribution in [3.8, 4) is 17.2 Å². The molecule has 2 heterocycles. The Labute approximate surface area is 203 Å². The summed E-state index contributed by atoms with van der Waals surface area (Å²) in [7, 11) is 3.90. The number of nitrogens with one attached hydrogen (secondary N) is 1. The van der Waals surface area contributed by atoms with E-state index in [0.717, 1.165) is 43.5 Å². The lowest BCUT2D eigenvalue weighted by Gasteiger charge is -2.59. The normalized spacial score (nSPS) is 32.7. The third-order valence-corrected chi connectivity index (χ3v) is 8.62. The van der Waals surface area contributed by atoms with Gasteiger partial charge in [-0.05, 0) is 71.9 Å². The Morgan fingerprint density at radius 1 is 1.32 bits per heavy atom. The van der Waals surface area contributed by atoms with Crippen molar-refractivity contribution in [2.75, 3.05) is 20.7 Å². The molecule has 1 aromatic rings. The lowest BCUT2D eigenvalue weighted by molar-refractivity contribution is -0.159. The number of benzene rings is 1. The summed E-state index contributed by atoms with van der Waals surface area (Å²) in [6.07, 6.45) is 3.73. The number of esters is 1. The number of phenols is 1. The highest BCUT2D eigenvalue weighted by atomic mass is 16.6. The summed E-state index contributed by atoms with van der Waals surface area (Å²) in [4.78, 5) is 15.6. The van der Waals surface area contributed by atoms with Gasteiger partial charge in [-0.1, -0.05) is 13.8 Å². The van der Waals surface area contributed by atoms with Crippen molar-refractivity contribution in [1.82, 2.24) is 10.2 Å². The second kappa shape index (κ2) is 8.02. The van der Waals surface area contributed by atoms with Crippen molar-refractivity contribution in [1.29, 1.82) is 0 Å². The largest absolute Gasteiger partial charge is 0.504 e. The molecule has 4 aliphatic rings. The number of likely N-dealkylation sites (tertiary alicyclic amines) is 1. The second-order valence-electron chi connectivity index (χ2n) is 12.1. The molecule has 0 radical (unpaired) electrons. The number of phenolic OH excluding ortho intramolecular Hbond substituents is 1. The number of ether oxygens (including phenoxy) is 3. The number of piperidine rings is 1. The van der Waals surface area contributed by atoms with E-state index in [2.05, 4.69) is 31.1 Å². The number of hydrogen-bond donors (Lipinski definition) is 2. The van der Waals surface area contributed by atoms with Gasteiger partial charge in [0.1, 0.15) is 23.5 Å². The molecule has 2 N–H and O–H groups in total. The maximum absolute atomic E-state index is 13.1. The van der Waals surface area contributed by atoms with Gasteiger partial charge in [-0.3, -0.25) is 10.1 Å². The van der Waals surface area contributed by atoms with E-state index >= 15 is 0 Å². The van der Waals surface area contributed by atoms with Crippen LogP contribution < -0.4 is 14.8 Å². The lowest BCUT2D eigenvalue weighted by atomic mass is 9.51. The topological polar surface area (TPSA) is 80.3 Å². The number of hydrogen-bond acceptors (Lipinski definition) is 7. The van der Waals surface area contributed by atoms with Gasteiger partial charge in [0.15, 0.2) is 11.5 Å². The highest BCUT2D eigenvalue weighted by molar-refractivity contribution is 5.76. The van der Waals surface area contributed by atoms with E-state index in [-0.39, 0.29) is 35.2 Å². The number of rotatable bonds is 5. The molecule has 1 spiro atoms. The van der Waals surface area contributed by atoms with Crippen LogP contribution in [-0.2, 0) is 21.4 Å². The predicted molar refractivity (Wildman–Crippen MR) is 130 cm³/mol. The molecule has 1 aromatic carbocycles. The Kier molecular flexibility index (Phi) is 5.60. The standard InChI is InChI=1S/C27H40N2O5/c1-14(2)22(25(31)34-26(3,4)5)28-17-9-8-16-18-12-15-20(32-7)13-19(30)23-21(15)27(16,24(17)33-23)10-11-29(18)6/h13-14,16-18,22,24,28,30H,8-12H2,1-7H3/t16-,17-,18+,22+,24-,27-/m0/s1. The highest BCUT2D eigenvalue weighted by Crippen LogP contribution is 2.65. The summed E-state index contributed by atoms with van der Waals surface area (Å²) < 4.78 is 18.2. The van der Waals surface area contributed by atoms with Crippen molar-refractivity contribution >= 4 is 5.97 Å². The maximum atomic E-state index is 13.1. The molecule has 2 fully saturated rings. The average Bonchev–Trinajstić information content (AvgIpc) is 3.10. The molecule has 0 aromatic heterocycles. The van der Waals surface area contributed by atoms with Crippen molar-refractivity contribution in [2.24, 2.45) is 11.8 Å². The van der Waals surface area contributed by atoms with Gasteiger partial charge in [-0.25, -0.2) is 0 Å². The minimum absolute atomic E-state index is 0.0102. The van der Waals surface area contributed by atoms with Gasteiger partial charge in [-0.2, -0.15) is 0 Å². The fraction of sp³-hybridized carbons (Fsp3) is 0.741. The summed E-state index contributed by atoms with van der Waals surface area (Å²) in [6.45, 7) is 10.8. The lowest BCUT2D eigenvalue weighted by Crippen LogP contribution is -2.69. The number of likely N-dealkylation sites (N-methyl/N-ethyl adjacent to an activating group) is 1. The molecular weight excluding hydrogens is 432 g/mol. The van der Waals surface area contributed by atoms with Crippen LogP contribution in [0, 0.1) is 11.8 Å². The fourth-order valence-electron chi connectivity index (χ4n) is 7.27. The first-order chi connectivity index (χ1) is 16.0. The zero-order valence-corrected chi connectivity index (χ0v) is 21.6. The number of methoxy groups -OCH3 is 1. The summed E-state index contributed by atoms with van der Waals surface area (Å²) >= 11 is 0. The first-order valence-electron chi connectivity index (χ1n) is 12.8. The predicted octanol–water partition coefficient (Wildman–Crippen LogP) is 3.39. The molecule has 0 unspecified atom stereocenters. The molecule has 1 saturated carbocycles. The summed E-state index contributed by atoms with van der Waals surface area (Å²) in [6, 6.07) is 1.70. The van der Waals surface area contributed by atoms with E-state index < -0.39 is 11.6 Å². The zero-order valence-electron chi connectivity index (χ0n) is 21.6. The van der Waals surface area contributed by atoms with Crippen LogP contribution in [0.3, 0.4) is 0 Å². The van der Waals surface area contributed by atoms with Crippen molar-refractivity contribution < 1.29 is 24.1 Å². The van der Waals surface area contributed by atoms with Crippen molar-refractivity contribution in [3.63, 3.8) is 0 Å². The monoisotopic (exact) mass is 472 g/mol. The fourth-order valence-corrected chi connectivity index (χ4v) is 7.27. The summed E-state index contributed by atoms with van der Waals surface area (Å²) in [5, 5.41) is 14.6. The van der Waals surface area contributed by atoms with Crippen LogP contribution in [0.4, 0.5) is 0 Å². The third kappa shape index (κ3) is 3.41. The molecule has 2 aliphatic heterocycles. The van der Waals surface area contributed by atoms with E-state index in [0.29, 0.717) is 17.7 Å².